The number of hydrogen-bond donors (Lipinski definition) is 2. The molecule has 1 fully saturated rings. The fourth-order valence-corrected chi connectivity index (χ4v) is 4.52. The number of alkyl halides is 3. The van der Waals surface area contributed by atoms with Crippen LogP contribution in [0.25, 0.3) is 0 Å². The van der Waals surface area contributed by atoms with Crippen LogP contribution in [0.2, 0.25) is 0 Å². The monoisotopic (exact) mass is 482 g/mol. The Labute approximate surface area is 175 Å². The van der Waals surface area contributed by atoms with Gasteiger partial charge in [0.1, 0.15) is 11.9 Å². The minimum absolute atomic E-state index is 0.109. The van der Waals surface area contributed by atoms with E-state index in [1.54, 1.807) is 18.2 Å². The van der Waals surface area contributed by atoms with E-state index in [0.29, 0.717) is 5.56 Å². The molecule has 5 atom stereocenters. The standard InChI is InChI=1S/C17H15F4N2O8P/c18-9-5-23(16(26)22-13(9)25)14-11(19)12(24)17(30-14,15(20)21)7-29-32(27)28-6-8-3-1-2-4-10(8)31-32/h1-5,11-12,14-15,24H,6-7H2,(H,22,25,26)/t11-,12-,14+,17+,32?/m0/s1. The van der Waals surface area contributed by atoms with E-state index in [9.17, 15) is 36.8 Å². The number of benzene rings is 1. The fraction of sp³-hybridized carbons (Fsp3) is 0.412. The maximum Gasteiger partial charge on any atom is 0.530 e. The molecule has 1 saturated heterocycles. The molecule has 1 aromatic heterocycles. The van der Waals surface area contributed by atoms with Crippen molar-refractivity contribution in [3.63, 3.8) is 0 Å². The van der Waals surface area contributed by atoms with Gasteiger partial charge < -0.3 is 14.4 Å². The summed E-state index contributed by atoms with van der Waals surface area (Å²) >= 11 is 0. The van der Waals surface area contributed by atoms with Crippen molar-refractivity contribution in [2.75, 3.05) is 6.61 Å². The molecule has 0 spiro atoms. The molecule has 3 heterocycles. The summed E-state index contributed by atoms with van der Waals surface area (Å²) in [5.41, 5.74) is -5.41. The molecule has 4 rings (SSSR count). The number of fused-ring (bicyclic) bond motifs is 1. The van der Waals surface area contributed by atoms with Gasteiger partial charge in [-0.15, -0.1) is 0 Å². The van der Waals surface area contributed by atoms with Crippen molar-refractivity contribution in [1.29, 1.82) is 0 Å². The smallest absolute Gasteiger partial charge is 0.404 e. The number of aromatic nitrogens is 2. The summed E-state index contributed by atoms with van der Waals surface area (Å²) in [5.74, 6) is -1.41. The molecule has 0 amide bonds. The van der Waals surface area contributed by atoms with Crippen LogP contribution in [0.5, 0.6) is 5.75 Å². The SMILES string of the molecule is O=c1[nH]c(=O)n([C@@H]2O[C@@](COP3(=O)OCc4ccccc4O3)(C(F)F)[C@@H](O)[C@@H]2F)cc1F. The average Bonchev–Trinajstić information content (AvgIpc) is 3.01. The molecule has 2 aliphatic heterocycles. The summed E-state index contributed by atoms with van der Waals surface area (Å²) in [6.07, 6.45) is -10.9. The molecule has 0 saturated carbocycles. The van der Waals surface area contributed by atoms with Gasteiger partial charge in [-0.3, -0.25) is 23.4 Å². The predicted molar refractivity (Wildman–Crippen MR) is 96.5 cm³/mol. The molecule has 2 aromatic rings. The lowest BCUT2D eigenvalue weighted by Gasteiger charge is -2.32. The van der Waals surface area contributed by atoms with Gasteiger partial charge in [-0.05, 0) is 6.07 Å². The second-order valence-corrected chi connectivity index (χ2v) is 8.58. The normalized spacial score (nSPS) is 32.0. The first kappa shape index (κ1) is 22.7. The molecule has 0 radical (unpaired) electrons. The van der Waals surface area contributed by atoms with E-state index in [1.807, 2.05) is 0 Å². The van der Waals surface area contributed by atoms with E-state index < -0.39 is 62.0 Å². The Bertz CT molecular complexity index is 1190. The number of phosphoric acid groups is 1. The molecule has 1 aromatic carbocycles. The van der Waals surface area contributed by atoms with Gasteiger partial charge in [0.2, 0.25) is 5.82 Å². The second kappa shape index (κ2) is 8.12. The highest BCUT2D eigenvalue weighted by Crippen LogP contribution is 2.56. The first-order valence-electron chi connectivity index (χ1n) is 9.02. The maximum atomic E-state index is 14.7. The van der Waals surface area contributed by atoms with Crippen molar-refractivity contribution in [3.05, 3.63) is 62.7 Å². The van der Waals surface area contributed by atoms with Gasteiger partial charge in [0.05, 0.1) is 19.4 Å². The largest absolute Gasteiger partial charge is 0.530 e. The number of aromatic amines is 1. The number of phosphoric ester groups is 1. The minimum Gasteiger partial charge on any atom is -0.404 e. The number of ether oxygens (including phenoxy) is 1. The van der Waals surface area contributed by atoms with Gasteiger partial charge >= 0.3 is 13.5 Å². The van der Waals surface area contributed by atoms with Gasteiger partial charge in [0.25, 0.3) is 12.0 Å². The Hall–Kier alpha value is -2.51. The summed E-state index contributed by atoms with van der Waals surface area (Å²) in [7, 11) is -4.47. The molecular weight excluding hydrogens is 467 g/mol. The summed E-state index contributed by atoms with van der Waals surface area (Å²) in [4.78, 5) is 24.6. The lowest BCUT2D eigenvalue weighted by atomic mass is 9.97. The lowest BCUT2D eigenvalue weighted by molar-refractivity contribution is -0.194. The average molecular weight is 482 g/mol. The minimum atomic E-state index is -4.47. The van der Waals surface area contributed by atoms with Gasteiger partial charge in [-0.2, -0.15) is 4.39 Å². The van der Waals surface area contributed by atoms with E-state index in [1.165, 1.54) is 11.1 Å². The number of H-pyrrole nitrogens is 1. The first-order valence-corrected chi connectivity index (χ1v) is 10.5. The Kier molecular flexibility index (Phi) is 5.75. The summed E-state index contributed by atoms with van der Waals surface area (Å²) in [5, 5.41) is 10.2. The van der Waals surface area contributed by atoms with Gasteiger partial charge in [0, 0.05) is 5.56 Å². The van der Waals surface area contributed by atoms with Crippen LogP contribution < -0.4 is 15.8 Å². The van der Waals surface area contributed by atoms with Crippen LogP contribution in [0, 0.1) is 5.82 Å². The predicted octanol–water partition coefficient (Wildman–Crippen LogP) is 1.64. The van der Waals surface area contributed by atoms with E-state index in [0.717, 1.165) is 0 Å². The van der Waals surface area contributed by atoms with Crippen molar-refractivity contribution in [3.8, 4) is 5.75 Å². The topological polar surface area (TPSA) is 129 Å². The molecule has 1 unspecified atom stereocenters. The number of aliphatic hydroxyl groups is 1. The Morgan fingerprint density at radius 2 is 2.06 bits per heavy atom. The van der Waals surface area contributed by atoms with Crippen LogP contribution in [-0.4, -0.2) is 45.6 Å². The van der Waals surface area contributed by atoms with Crippen LogP contribution in [0.4, 0.5) is 17.6 Å². The number of para-hydroxylation sites is 1. The van der Waals surface area contributed by atoms with Crippen LogP contribution in [0.3, 0.4) is 0 Å². The number of nitrogens with one attached hydrogen (secondary N) is 1. The van der Waals surface area contributed by atoms with Gasteiger partial charge in [-0.1, -0.05) is 18.2 Å². The van der Waals surface area contributed by atoms with Crippen molar-refractivity contribution < 1.29 is 45.5 Å². The number of rotatable bonds is 5. The third kappa shape index (κ3) is 3.77. The molecule has 10 nitrogen and oxygen atoms in total. The van der Waals surface area contributed by atoms with E-state index in [-0.39, 0.29) is 23.1 Å². The molecular formula is C17H15F4N2O8P. The summed E-state index contributed by atoms with van der Waals surface area (Å²) in [6.45, 7) is -1.61. The van der Waals surface area contributed by atoms with Gasteiger partial charge in [-0.25, -0.2) is 22.5 Å². The second-order valence-electron chi connectivity index (χ2n) is 6.99. The number of halogens is 4. The number of nitrogens with zero attached hydrogens (tertiary/aromatic N) is 1. The molecule has 174 valence electrons. The highest BCUT2D eigenvalue weighted by Gasteiger charge is 2.62. The van der Waals surface area contributed by atoms with Crippen molar-refractivity contribution >= 4 is 7.82 Å². The maximum absolute atomic E-state index is 14.7. The zero-order valence-corrected chi connectivity index (χ0v) is 16.7. The van der Waals surface area contributed by atoms with Crippen molar-refractivity contribution in [2.24, 2.45) is 0 Å². The highest BCUT2D eigenvalue weighted by atomic mass is 31.2. The van der Waals surface area contributed by atoms with E-state index in [4.69, 9.17) is 18.3 Å². The van der Waals surface area contributed by atoms with E-state index in [2.05, 4.69) is 0 Å². The third-order valence-electron chi connectivity index (χ3n) is 4.99. The molecule has 2 N–H and O–H groups in total. The van der Waals surface area contributed by atoms with Gasteiger partial charge in [0.15, 0.2) is 18.0 Å². The number of aliphatic hydroxyl groups excluding tert-OH is 1. The zero-order valence-electron chi connectivity index (χ0n) is 15.8. The summed E-state index contributed by atoms with van der Waals surface area (Å²) in [6, 6.07) is 6.24. The van der Waals surface area contributed by atoms with Crippen molar-refractivity contribution in [2.45, 2.75) is 37.1 Å². The molecule has 2 aliphatic rings. The zero-order chi connectivity index (χ0) is 23.3. The van der Waals surface area contributed by atoms with Crippen LogP contribution >= 0.6 is 7.82 Å². The number of hydrogen-bond acceptors (Lipinski definition) is 8. The quantitative estimate of drug-likeness (QED) is 0.486. The fourth-order valence-electron chi connectivity index (χ4n) is 3.26. The van der Waals surface area contributed by atoms with Crippen LogP contribution in [0.15, 0.2) is 40.1 Å². The van der Waals surface area contributed by atoms with E-state index >= 15 is 0 Å². The lowest BCUT2D eigenvalue weighted by Crippen LogP contribution is -2.52. The van der Waals surface area contributed by atoms with Crippen LogP contribution in [-0.2, 0) is 25.0 Å². The van der Waals surface area contributed by atoms with Crippen molar-refractivity contribution in [1.82, 2.24) is 9.55 Å². The first-order chi connectivity index (χ1) is 15.1. The third-order valence-corrected chi connectivity index (χ3v) is 6.30. The Morgan fingerprint density at radius 3 is 2.78 bits per heavy atom. The Morgan fingerprint density at radius 1 is 1.34 bits per heavy atom. The summed E-state index contributed by atoms with van der Waals surface area (Å²) < 4.78 is 89.0. The Balaban J connectivity index is 1.60. The van der Waals surface area contributed by atoms with Crippen LogP contribution in [0.1, 0.15) is 11.8 Å². The highest BCUT2D eigenvalue weighted by molar-refractivity contribution is 7.49. The molecule has 0 aliphatic carbocycles. The molecule has 15 heteroatoms. The molecule has 0 bridgehead atoms. The molecule has 32 heavy (non-hydrogen) atoms.